The average Bonchev–Trinajstić information content (AvgIpc) is 2.69. The molecule has 2 aromatic rings. The molecule has 2 rings (SSSR count). The van der Waals surface area contributed by atoms with Crippen LogP contribution >= 0.6 is 0 Å². The van der Waals surface area contributed by atoms with E-state index < -0.39 is 12.1 Å². The first-order chi connectivity index (χ1) is 13.6. The molecule has 0 unspecified atom stereocenters. The summed E-state index contributed by atoms with van der Waals surface area (Å²) >= 11 is 0. The maximum atomic E-state index is 12.4. The predicted octanol–water partition coefficient (Wildman–Crippen LogP) is 3.09. The van der Waals surface area contributed by atoms with Gasteiger partial charge in [-0.1, -0.05) is 63.2 Å². The third kappa shape index (κ3) is 6.17. The minimum atomic E-state index is -1.05. The summed E-state index contributed by atoms with van der Waals surface area (Å²) in [4.78, 5) is 38.4. The van der Waals surface area contributed by atoms with Crippen LogP contribution in [0.15, 0.2) is 54.6 Å². The van der Waals surface area contributed by atoms with Crippen molar-refractivity contribution in [3.8, 4) is 0 Å². The quantitative estimate of drug-likeness (QED) is 0.762. The molecular formula is C23H28N2O4. The van der Waals surface area contributed by atoms with Crippen molar-refractivity contribution in [1.29, 1.82) is 0 Å². The number of likely N-dealkylation sites (N-methyl/N-ethyl adjacent to an activating group) is 1. The van der Waals surface area contributed by atoms with Gasteiger partial charge < -0.3 is 15.0 Å². The summed E-state index contributed by atoms with van der Waals surface area (Å²) in [5.74, 6) is -1.42. The number of hydrogen-bond donors (Lipinski definition) is 1. The van der Waals surface area contributed by atoms with Gasteiger partial charge in [-0.3, -0.25) is 14.4 Å². The van der Waals surface area contributed by atoms with E-state index in [1.54, 1.807) is 50.5 Å². The van der Waals surface area contributed by atoms with E-state index in [2.05, 4.69) is 26.1 Å². The van der Waals surface area contributed by atoms with Crippen LogP contribution in [0.3, 0.4) is 0 Å². The first-order valence-electron chi connectivity index (χ1n) is 9.44. The van der Waals surface area contributed by atoms with E-state index in [0.717, 1.165) is 5.56 Å². The molecule has 1 atom stereocenters. The third-order valence-corrected chi connectivity index (χ3v) is 4.42. The van der Waals surface area contributed by atoms with Crippen LogP contribution in [-0.2, 0) is 19.7 Å². The van der Waals surface area contributed by atoms with Gasteiger partial charge in [0.1, 0.15) is 6.54 Å². The summed E-state index contributed by atoms with van der Waals surface area (Å²) < 4.78 is 5.36. The molecule has 0 bridgehead atoms. The summed E-state index contributed by atoms with van der Waals surface area (Å²) in [7, 11) is 3.18. The number of esters is 1. The maximum Gasteiger partial charge on any atom is 0.326 e. The van der Waals surface area contributed by atoms with Gasteiger partial charge in [-0.15, -0.1) is 0 Å². The van der Waals surface area contributed by atoms with Gasteiger partial charge in [-0.05, 0) is 23.1 Å². The van der Waals surface area contributed by atoms with Gasteiger partial charge in [0.15, 0.2) is 0 Å². The third-order valence-electron chi connectivity index (χ3n) is 4.42. The fourth-order valence-electron chi connectivity index (χ4n) is 2.67. The SMILES string of the molecule is CN(C)C(=O)[C@@H](OC(=O)CNC(=O)c1ccc(C(C)(C)C)cc1)c1ccccc1. The highest BCUT2D eigenvalue weighted by Crippen LogP contribution is 2.22. The van der Waals surface area contributed by atoms with Gasteiger partial charge in [-0.25, -0.2) is 0 Å². The first-order valence-corrected chi connectivity index (χ1v) is 9.44. The van der Waals surface area contributed by atoms with E-state index in [9.17, 15) is 14.4 Å². The second kappa shape index (κ2) is 9.37. The number of carbonyl (C=O) groups excluding carboxylic acids is 3. The molecule has 154 valence electrons. The maximum absolute atomic E-state index is 12.4. The lowest BCUT2D eigenvalue weighted by atomic mass is 9.87. The van der Waals surface area contributed by atoms with Crippen LogP contribution in [0.1, 0.15) is 48.4 Å². The van der Waals surface area contributed by atoms with Crippen LogP contribution in [0, 0.1) is 0 Å². The standard InChI is InChI=1S/C23H28N2O4/c1-23(2,3)18-13-11-17(12-14-18)21(27)24-15-19(26)29-20(22(28)25(4)5)16-9-7-6-8-10-16/h6-14,20H,15H2,1-5H3,(H,24,27)/t20-/m0/s1. The summed E-state index contributed by atoms with van der Waals surface area (Å²) in [6, 6.07) is 16.0. The Morgan fingerprint density at radius 3 is 2.07 bits per heavy atom. The lowest BCUT2D eigenvalue weighted by Gasteiger charge is -2.21. The molecule has 0 aliphatic heterocycles. The normalized spacial score (nSPS) is 12.0. The lowest BCUT2D eigenvalue weighted by Crippen LogP contribution is -2.35. The molecule has 0 spiro atoms. The molecule has 0 aromatic heterocycles. The van der Waals surface area contributed by atoms with Crippen molar-refractivity contribution < 1.29 is 19.1 Å². The molecule has 0 radical (unpaired) electrons. The lowest BCUT2D eigenvalue weighted by molar-refractivity contribution is -0.158. The molecule has 0 aliphatic carbocycles. The molecule has 1 N–H and O–H groups in total. The molecular weight excluding hydrogens is 368 g/mol. The minimum Gasteiger partial charge on any atom is -0.446 e. The van der Waals surface area contributed by atoms with Crippen LogP contribution in [0.2, 0.25) is 0 Å². The Hall–Kier alpha value is -3.15. The molecule has 0 saturated carbocycles. The van der Waals surface area contributed by atoms with Crippen LogP contribution in [0.4, 0.5) is 0 Å². The van der Waals surface area contributed by atoms with Gasteiger partial charge in [0.25, 0.3) is 11.8 Å². The minimum absolute atomic E-state index is 0.00968. The molecule has 2 aromatic carbocycles. The smallest absolute Gasteiger partial charge is 0.326 e. The zero-order valence-electron chi connectivity index (χ0n) is 17.6. The average molecular weight is 396 g/mol. The van der Waals surface area contributed by atoms with E-state index >= 15 is 0 Å². The van der Waals surface area contributed by atoms with Gasteiger partial charge in [0, 0.05) is 25.2 Å². The van der Waals surface area contributed by atoms with Gasteiger partial charge in [0.05, 0.1) is 0 Å². The zero-order valence-corrected chi connectivity index (χ0v) is 17.6. The Morgan fingerprint density at radius 1 is 0.966 bits per heavy atom. The van der Waals surface area contributed by atoms with Crippen LogP contribution < -0.4 is 5.32 Å². The van der Waals surface area contributed by atoms with E-state index in [1.165, 1.54) is 4.90 Å². The van der Waals surface area contributed by atoms with Crippen molar-refractivity contribution in [2.24, 2.45) is 0 Å². The number of benzene rings is 2. The number of rotatable bonds is 6. The highest BCUT2D eigenvalue weighted by atomic mass is 16.5. The fraction of sp³-hybridized carbons (Fsp3) is 0.348. The number of nitrogens with one attached hydrogen (secondary N) is 1. The number of carbonyl (C=O) groups is 3. The molecule has 29 heavy (non-hydrogen) atoms. The molecule has 0 fully saturated rings. The number of ether oxygens (including phenoxy) is 1. The topological polar surface area (TPSA) is 75.7 Å². The fourth-order valence-corrected chi connectivity index (χ4v) is 2.67. The van der Waals surface area contributed by atoms with Gasteiger partial charge in [0.2, 0.25) is 6.10 Å². The van der Waals surface area contributed by atoms with Crippen LogP contribution in [-0.4, -0.2) is 43.3 Å². The van der Waals surface area contributed by atoms with E-state index in [0.29, 0.717) is 11.1 Å². The molecule has 0 heterocycles. The van der Waals surface area contributed by atoms with Gasteiger partial charge >= 0.3 is 5.97 Å². The first kappa shape index (κ1) is 22.1. The highest BCUT2D eigenvalue weighted by molar-refractivity contribution is 5.96. The monoisotopic (exact) mass is 396 g/mol. The second-order valence-electron chi connectivity index (χ2n) is 8.02. The Kier molecular flexibility index (Phi) is 7.15. The van der Waals surface area contributed by atoms with E-state index in [4.69, 9.17) is 4.74 Å². The Morgan fingerprint density at radius 2 is 1.55 bits per heavy atom. The largest absolute Gasteiger partial charge is 0.446 e. The molecule has 6 nitrogen and oxygen atoms in total. The summed E-state index contributed by atoms with van der Waals surface area (Å²) in [6.07, 6.45) is -1.05. The number of hydrogen-bond acceptors (Lipinski definition) is 4. The Labute approximate surface area is 171 Å². The van der Waals surface area contributed by atoms with Crippen molar-refractivity contribution in [3.05, 3.63) is 71.3 Å². The predicted molar refractivity (Wildman–Crippen MR) is 111 cm³/mol. The van der Waals surface area contributed by atoms with E-state index in [-0.39, 0.29) is 23.8 Å². The van der Waals surface area contributed by atoms with Crippen molar-refractivity contribution in [2.45, 2.75) is 32.3 Å². The van der Waals surface area contributed by atoms with Crippen LogP contribution in [0.5, 0.6) is 0 Å². The highest BCUT2D eigenvalue weighted by Gasteiger charge is 2.26. The zero-order chi connectivity index (χ0) is 21.6. The Bertz CT molecular complexity index is 853. The van der Waals surface area contributed by atoms with Gasteiger partial charge in [-0.2, -0.15) is 0 Å². The molecule has 0 aliphatic rings. The molecule has 0 saturated heterocycles. The van der Waals surface area contributed by atoms with Crippen molar-refractivity contribution in [1.82, 2.24) is 10.2 Å². The molecule has 2 amide bonds. The summed E-state index contributed by atoms with van der Waals surface area (Å²) in [5.41, 5.74) is 2.13. The van der Waals surface area contributed by atoms with Crippen LogP contribution in [0.25, 0.3) is 0 Å². The number of nitrogens with zero attached hydrogens (tertiary/aromatic N) is 1. The molecule has 6 heteroatoms. The summed E-state index contributed by atoms with van der Waals surface area (Å²) in [5, 5.41) is 2.54. The van der Waals surface area contributed by atoms with Crippen molar-refractivity contribution in [2.75, 3.05) is 20.6 Å². The van der Waals surface area contributed by atoms with Crippen molar-refractivity contribution in [3.63, 3.8) is 0 Å². The second-order valence-corrected chi connectivity index (χ2v) is 8.02. The summed E-state index contributed by atoms with van der Waals surface area (Å²) in [6.45, 7) is 5.95. The van der Waals surface area contributed by atoms with E-state index in [1.807, 2.05) is 18.2 Å². The Balaban J connectivity index is 2.00. The van der Waals surface area contributed by atoms with Crippen molar-refractivity contribution >= 4 is 17.8 Å². The number of amides is 2.